The van der Waals surface area contributed by atoms with Crippen molar-refractivity contribution in [3.63, 3.8) is 0 Å². The van der Waals surface area contributed by atoms with E-state index in [-0.39, 0.29) is 17.3 Å². The third-order valence-electron chi connectivity index (χ3n) is 3.43. The Labute approximate surface area is 131 Å². The van der Waals surface area contributed by atoms with Gasteiger partial charge < -0.3 is 15.5 Å². The highest BCUT2D eigenvalue weighted by Gasteiger charge is 2.24. The van der Waals surface area contributed by atoms with Crippen LogP contribution in [0.4, 0.5) is 5.82 Å². The van der Waals surface area contributed by atoms with Crippen LogP contribution in [0.25, 0.3) is 10.9 Å². The third kappa shape index (κ3) is 2.76. The molecule has 0 aliphatic rings. The molecule has 0 spiro atoms. The number of benzene rings is 1. The van der Waals surface area contributed by atoms with Gasteiger partial charge in [-0.15, -0.1) is 0 Å². The number of para-hydroxylation sites is 1. The predicted octanol–water partition coefficient (Wildman–Crippen LogP) is 1.97. The Morgan fingerprint density at radius 3 is 2.74 bits per heavy atom. The summed E-state index contributed by atoms with van der Waals surface area (Å²) in [6.07, 6.45) is 3.34. The highest BCUT2D eigenvalue weighted by molar-refractivity contribution is 6.10. The van der Waals surface area contributed by atoms with Crippen LogP contribution in [0.1, 0.15) is 27.8 Å². The molecule has 0 amide bonds. The molecule has 7 heteroatoms. The molecule has 1 unspecified atom stereocenters. The number of H-pyrrole nitrogens is 1. The predicted molar refractivity (Wildman–Crippen MR) is 84.0 cm³/mol. The van der Waals surface area contributed by atoms with E-state index in [4.69, 9.17) is 10.5 Å². The molecule has 1 aromatic carbocycles. The number of carbonyl (C=O) groups is 2. The molecule has 0 bridgehead atoms. The number of esters is 1. The van der Waals surface area contributed by atoms with Crippen LogP contribution in [0.2, 0.25) is 0 Å². The second-order valence-electron chi connectivity index (χ2n) is 4.95. The fourth-order valence-electron chi connectivity index (χ4n) is 2.27. The zero-order valence-corrected chi connectivity index (χ0v) is 12.3. The van der Waals surface area contributed by atoms with Crippen molar-refractivity contribution in [1.82, 2.24) is 15.0 Å². The van der Waals surface area contributed by atoms with Crippen LogP contribution in [-0.4, -0.2) is 32.8 Å². The molecule has 0 aliphatic heterocycles. The second-order valence-corrected chi connectivity index (χ2v) is 4.95. The van der Waals surface area contributed by atoms with Gasteiger partial charge in [0, 0.05) is 35.1 Å². The van der Waals surface area contributed by atoms with Gasteiger partial charge in [-0.05, 0) is 13.0 Å². The first kappa shape index (κ1) is 14.7. The van der Waals surface area contributed by atoms with Gasteiger partial charge in [0.1, 0.15) is 0 Å². The molecule has 3 rings (SSSR count). The maximum Gasteiger partial charge on any atom is 0.361 e. The van der Waals surface area contributed by atoms with E-state index in [1.807, 2.05) is 24.3 Å². The fourth-order valence-corrected chi connectivity index (χ4v) is 2.27. The Kier molecular flexibility index (Phi) is 3.76. The Morgan fingerprint density at radius 1 is 1.22 bits per heavy atom. The summed E-state index contributed by atoms with van der Waals surface area (Å²) in [7, 11) is 0. The number of fused-ring (bicyclic) bond motifs is 1. The first-order valence-corrected chi connectivity index (χ1v) is 6.95. The van der Waals surface area contributed by atoms with Crippen LogP contribution < -0.4 is 5.73 Å². The van der Waals surface area contributed by atoms with Crippen molar-refractivity contribution >= 4 is 28.5 Å². The summed E-state index contributed by atoms with van der Waals surface area (Å²) < 4.78 is 5.17. The Bertz CT molecular complexity index is 888. The van der Waals surface area contributed by atoms with Gasteiger partial charge in [0.15, 0.2) is 17.6 Å². The Morgan fingerprint density at radius 2 is 1.96 bits per heavy atom. The average molecular weight is 310 g/mol. The van der Waals surface area contributed by atoms with E-state index in [1.165, 1.54) is 19.3 Å². The number of ether oxygens (including phenoxy) is 1. The molecular weight excluding hydrogens is 296 g/mol. The molecule has 0 saturated heterocycles. The van der Waals surface area contributed by atoms with Crippen molar-refractivity contribution in [3.05, 3.63) is 54.1 Å². The molecule has 0 saturated carbocycles. The minimum Gasteiger partial charge on any atom is -0.449 e. The standard InChI is InChI=1S/C16H14N4O3/c1-9(23-16(22)13-15(17)19-7-6-18-13)14(21)11-8-20-12-5-3-2-4-10(11)12/h2-9,20H,1H3,(H2,17,19). The quantitative estimate of drug-likeness (QED) is 0.563. The number of aromatic amines is 1. The minimum absolute atomic E-state index is 0.0377. The zero-order chi connectivity index (χ0) is 16.4. The molecule has 3 N–H and O–H groups in total. The van der Waals surface area contributed by atoms with Crippen molar-refractivity contribution in [3.8, 4) is 0 Å². The van der Waals surface area contributed by atoms with E-state index in [0.717, 1.165) is 10.9 Å². The lowest BCUT2D eigenvalue weighted by atomic mass is 10.1. The molecule has 0 fully saturated rings. The lowest BCUT2D eigenvalue weighted by molar-refractivity contribution is 0.0314. The highest BCUT2D eigenvalue weighted by atomic mass is 16.5. The number of Topliss-reactive ketones (excluding diaryl/α,β-unsaturated/α-hetero) is 1. The number of rotatable bonds is 4. The zero-order valence-electron chi connectivity index (χ0n) is 12.3. The van der Waals surface area contributed by atoms with Crippen LogP contribution in [0, 0.1) is 0 Å². The van der Waals surface area contributed by atoms with E-state index in [2.05, 4.69) is 15.0 Å². The van der Waals surface area contributed by atoms with Crippen LogP contribution in [0.3, 0.4) is 0 Å². The number of nitrogens with one attached hydrogen (secondary N) is 1. The molecule has 0 radical (unpaired) electrons. The topological polar surface area (TPSA) is 111 Å². The Balaban J connectivity index is 1.80. The normalized spacial score (nSPS) is 12.0. The van der Waals surface area contributed by atoms with Gasteiger partial charge in [0.05, 0.1) is 0 Å². The van der Waals surface area contributed by atoms with Gasteiger partial charge in [0.25, 0.3) is 0 Å². The van der Waals surface area contributed by atoms with Crippen LogP contribution in [0.15, 0.2) is 42.9 Å². The van der Waals surface area contributed by atoms with Gasteiger partial charge in [-0.25, -0.2) is 14.8 Å². The first-order chi connectivity index (χ1) is 11.1. The number of hydrogen-bond donors (Lipinski definition) is 2. The summed E-state index contributed by atoms with van der Waals surface area (Å²) >= 11 is 0. The van der Waals surface area contributed by atoms with Crippen LogP contribution >= 0.6 is 0 Å². The molecule has 116 valence electrons. The van der Waals surface area contributed by atoms with Crippen LogP contribution in [0.5, 0.6) is 0 Å². The molecule has 23 heavy (non-hydrogen) atoms. The monoisotopic (exact) mass is 310 g/mol. The minimum atomic E-state index is -0.969. The molecule has 1 atom stereocenters. The molecule has 7 nitrogen and oxygen atoms in total. The highest BCUT2D eigenvalue weighted by Crippen LogP contribution is 2.20. The Hall–Kier alpha value is -3.22. The van der Waals surface area contributed by atoms with Crippen LogP contribution in [-0.2, 0) is 4.74 Å². The summed E-state index contributed by atoms with van der Waals surface area (Å²) in [5.41, 5.74) is 6.78. The number of hydrogen-bond acceptors (Lipinski definition) is 6. The van der Waals surface area contributed by atoms with E-state index < -0.39 is 12.1 Å². The second kappa shape index (κ2) is 5.88. The summed E-state index contributed by atoms with van der Waals surface area (Å²) in [6.45, 7) is 1.51. The third-order valence-corrected chi connectivity index (χ3v) is 3.43. The van der Waals surface area contributed by atoms with E-state index in [9.17, 15) is 9.59 Å². The number of nitrogens with two attached hydrogens (primary N) is 1. The van der Waals surface area contributed by atoms with Gasteiger partial charge in [-0.2, -0.15) is 0 Å². The number of nitrogens with zero attached hydrogens (tertiary/aromatic N) is 2. The molecular formula is C16H14N4O3. The molecule has 2 aromatic heterocycles. The van der Waals surface area contributed by atoms with Crippen molar-refractivity contribution in [2.24, 2.45) is 0 Å². The van der Waals surface area contributed by atoms with Gasteiger partial charge in [-0.3, -0.25) is 4.79 Å². The van der Waals surface area contributed by atoms with Gasteiger partial charge in [0.2, 0.25) is 5.78 Å². The lowest BCUT2D eigenvalue weighted by Crippen LogP contribution is -2.25. The molecule has 3 aromatic rings. The number of anilines is 1. The molecule has 0 aliphatic carbocycles. The van der Waals surface area contributed by atoms with Crippen molar-refractivity contribution in [2.75, 3.05) is 5.73 Å². The van der Waals surface area contributed by atoms with Crippen molar-refractivity contribution in [2.45, 2.75) is 13.0 Å². The maximum atomic E-state index is 12.5. The van der Waals surface area contributed by atoms with Crippen molar-refractivity contribution < 1.29 is 14.3 Å². The fraction of sp³-hybridized carbons (Fsp3) is 0.125. The maximum absolute atomic E-state index is 12.5. The average Bonchev–Trinajstić information content (AvgIpc) is 2.98. The summed E-state index contributed by atoms with van der Waals surface area (Å²) in [5.74, 6) is -1.13. The summed E-state index contributed by atoms with van der Waals surface area (Å²) in [4.78, 5) is 35.2. The number of aromatic nitrogens is 3. The number of ketones is 1. The summed E-state index contributed by atoms with van der Waals surface area (Å²) in [6, 6.07) is 7.40. The van der Waals surface area contributed by atoms with Gasteiger partial charge in [-0.1, -0.05) is 18.2 Å². The number of nitrogen functional groups attached to an aromatic ring is 1. The van der Waals surface area contributed by atoms with E-state index >= 15 is 0 Å². The lowest BCUT2D eigenvalue weighted by Gasteiger charge is -2.12. The first-order valence-electron chi connectivity index (χ1n) is 6.95. The van der Waals surface area contributed by atoms with Gasteiger partial charge >= 0.3 is 5.97 Å². The smallest absolute Gasteiger partial charge is 0.361 e. The SMILES string of the molecule is CC(OC(=O)c1nccnc1N)C(=O)c1c[nH]c2ccccc12. The van der Waals surface area contributed by atoms with E-state index in [0.29, 0.717) is 5.56 Å². The van der Waals surface area contributed by atoms with E-state index in [1.54, 1.807) is 6.20 Å². The molecule has 2 heterocycles. The summed E-state index contributed by atoms with van der Waals surface area (Å²) in [5, 5.41) is 0.777. The largest absolute Gasteiger partial charge is 0.449 e. The van der Waals surface area contributed by atoms with Crippen molar-refractivity contribution in [1.29, 1.82) is 0 Å². The number of carbonyl (C=O) groups excluding carboxylic acids is 2.